The van der Waals surface area contributed by atoms with Gasteiger partial charge in [0, 0.05) is 7.05 Å². The number of esters is 1. The van der Waals surface area contributed by atoms with Crippen molar-refractivity contribution < 1.29 is 32.7 Å². The van der Waals surface area contributed by atoms with Crippen LogP contribution in [0.15, 0.2) is 18.2 Å². The Balaban J connectivity index is 1.94. The monoisotopic (exact) mass is 355 g/mol. The van der Waals surface area contributed by atoms with Crippen LogP contribution in [0.1, 0.15) is 6.92 Å². The van der Waals surface area contributed by atoms with E-state index in [2.05, 4.69) is 0 Å². The van der Waals surface area contributed by atoms with E-state index in [4.69, 9.17) is 4.74 Å². The number of carbonyl (C=O) groups is 4. The number of ether oxygens (including phenoxy) is 1. The van der Waals surface area contributed by atoms with Gasteiger partial charge in [-0.2, -0.15) is 0 Å². The van der Waals surface area contributed by atoms with Gasteiger partial charge < -0.3 is 15.0 Å². The van der Waals surface area contributed by atoms with Gasteiger partial charge in [-0.15, -0.1) is 0 Å². The minimum Gasteiger partial charge on any atom is -0.451 e. The number of likely N-dealkylation sites (N-methyl/N-ethyl adjacent to an activating group) is 1. The van der Waals surface area contributed by atoms with Gasteiger partial charge in [0.2, 0.25) is 0 Å². The van der Waals surface area contributed by atoms with Crippen LogP contribution in [0.4, 0.5) is 19.3 Å². The highest BCUT2D eigenvalue weighted by molar-refractivity contribution is 6.04. The molecular formula is C15H15F2N3O5. The van der Waals surface area contributed by atoms with Gasteiger partial charge in [-0.05, 0) is 19.1 Å². The molecule has 0 aliphatic carbocycles. The van der Waals surface area contributed by atoms with E-state index in [9.17, 15) is 28.0 Å². The Morgan fingerprint density at radius 1 is 1.28 bits per heavy atom. The van der Waals surface area contributed by atoms with Crippen LogP contribution in [-0.4, -0.2) is 59.9 Å². The third-order valence-corrected chi connectivity index (χ3v) is 3.41. The summed E-state index contributed by atoms with van der Waals surface area (Å²) in [5, 5.41) is 1.98. The zero-order chi connectivity index (χ0) is 18.7. The second-order valence-corrected chi connectivity index (χ2v) is 5.34. The summed E-state index contributed by atoms with van der Waals surface area (Å²) in [7, 11) is 1.39. The van der Waals surface area contributed by atoms with Gasteiger partial charge in [0.05, 0.1) is 0 Å². The molecular weight excluding hydrogens is 340 g/mol. The van der Waals surface area contributed by atoms with E-state index >= 15 is 0 Å². The van der Waals surface area contributed by atoms with Crippen molar-refractivity contribution >= 4 is 29.5 Å². The molecule has 1 atom stereocenters. The third kappa shape index (κ3) is 4.08. The first kappa shape index (κ1) is 18.3. The van der Waals surface area contributed by atoms with E-state index in [0.717, 1.165) is 23.1 Å². The highest BCUT2D eigenvalue weighted by Gasteiger charge is 2.35. The normalized spacial score (nSPS) is 15.4. The Hall–Kier alpha value is -3.04. The fraction of sp³-hybridized carbons (Fsp3) is 0.333. The topological polar surface area (TPSA) is 96.0 Å². The molecule has 1 N–H and O–H groups in total. The number of hydrogen-bond acceptors (Lipinski definition) is 5. The maximum atomic E-state index is 13.5. The first-order valence-electron chi connectivity index (χ1n) is 7.20. The molecule has 1 aliphatic heterocycles. The van der Waals surface area contributed by atoms with Crippen molar-refractivity contribution in [3.63, 3.8) is 0 Å². The van der Waals surface area contributed by atoms with Gasteiger partial charge in [-0.1, -0.05) is 6.07 Å². The van der Waals surface area contributed by atoms with Gasteiger partial charge >= 0.3 is 12.0 Å². The molecule has 1 heterocycles. The Kier molecular flexibility index (Phi) is 5.30. The molecule has 0 bridgehead atoms. The fourth-order valence-corrected chi connectivity index (χ4v) is 2.08. The number of anilines is 1. The molecule has 1 saturated heterocycles. The molecule has 0 saturated carbocycles. The van der Waals surface area contributed by atoms with Crippen molar-refractivity contribution in [3.8, 4) is 0 Å². The summed E-state index contributed by atoms with van der Waals surface area (Å²) in [6.45, 7) is 0.369. The van der Waals surface area contributed by atoms with Crippen molar-refractivity contribution in [1.29, 1.82) is 0 Å². The van der Waals surface area contributed by atoms with Gasteiger partial charge in [0.1, 0.15) is 30.4 Å². The molecule has 1 aromatic carbocycles. The molecule has 4 amide bonds. The van der Waals surface area contributed by atoms with E-state index in [-0.39, 0.29) is 6.54 Å². The molecule has 0 spiro atoms. The van der Waals surface area contributed by atoms with E-state index < -0.39 is 53.8 Å². The smallest absolute Gasteiger partial charge is 0.327 e. The minimum absolute atomic E-state index is 0.158. The van der Waals surface area contributed by atoms with Crippen molar-refractivity contribution in [1.82, 2.24) is 9.80 Å². The molecule has 1 fully saturated rings. The number of amides is 4. The zero-order valence-electron chi connectivity index (χ0n) is 13.4. The first-order valence-corrected chi connectivity index (χ1v) is 7.20. The highest BCUT2D eigenvalue weighted by atomic mass is 19.1. The number of para-hydroxylation sites is 1. The summed E-state index contributed by atoms with van der Waals surface area (Å²) in [5.74, 6) is -4.51. The summed E-state index contributed by atoms with van der Waals surface area (Å²) >= 11 is 0. The second kappa shape index (κ2) is 7.24. The average molecular weight is 355 g/mol. The SMILES string of the molecule is C[C@H](OC(=O)CN1C(=O)CN(C)C1=O)C(=O)Nc1c(F)cccc1F. The lowest BCUT2D eigenvalue weighted by atomic mass is 10.2. The van der Waals surface area contributed by atoms with Crippen LogP contribution < -0.4 is 5.32 Å². The van der Waals surface area contributed by atoms with Crippen molar-refractivity contribution in [3.05, 3.63) is 29.8 Å². The molecule has 0 unspecified atom stereocenters. The van der Waals surface area contributed by atoms with Crippen molar-refractivity contribution in [2.45, 2.75) is 13.0 Å². The zero-order valence-corrected chi connectivity index (χ0v) is 13.4. The molecule has 2 rings (SSSR count). The van der Waals surface area contributed by atoms with Crippen LogP contribution >= 0.6 is 0 Å². The quantitative estimate of drug-likeness (QED) is 0.620. The lowest BCUT2D eigenvalue weighted by Crippen LogP contribution is -2.39. The van der Waals surface area contributed by atoms with Gasteiger partial charge in [-0.25, -0.2) is 13.6 Å². The number of hydrogen-bond donors (Lipinski definition) is 1. The highest BCUT2D eigenvalue weighted by Crippen LogP contribution is 2.18. The lowest BCUT2D eigenvalue weighted by molar-refractivity contribution is -0.154. The maximum absolute atomic E-state index is 13.5. The van der Waals surface area contributed by atoms with Crippen LogP contribution in [0.3, 0.4) is 0 Å². The second-order valence-electron chi connectivity index (χ2n) is 5.34. The molecule has 134 valence electrons. The summed E-state index contributed by atoms with van der Waals surface area (Å²) < 4.78 is 31.8. The number of nitrogens with one attached hydrogen (secondary N) is 1. The summed E-state index contributed by atoms with van der Waals surface area (Å²) in [6.07, 6.45) is -1.39. The Morgan fingerprint density at radius 2 is 1.88 bits per heavy atom. The van der Waals surface area contributed by atoms with Crippen LogP contribution in [0, 0.1) is 11.6 Å². The Morgan fingerprint density at radius 3 is 2.40 bits per heavy atom. The average Bonchev–Trinajstić information content (AvgIpc) is 2.77. The largest absolute Gasteiger partial charge is 0.451 e. The van der Waals surface area contributed by atoms with Gasteiger partial charge in [0.15, 0.2) is 6.10 Å². The summed E-state index contributed by atoms with van der Waals surface area (Å²) in [5.41, 5.74) is -0.665. The van der Waals surface area contributed by atoms with Crippen molar-refractivity contribution in [2.75, 3.05) is 25.5 Å². The fourth-order valence-electron chi connectivity index (χ4n) is 2.08. The number of halogens is 2. The van der Waals surface area contributed by atoms with Crippen LogP contribution in [0.2, 0.25) is 0 Å². The molecule has 10 heteroatoms. The van der Waals surface area contributed by atoms with E-state index in [1.54, 1.807) is 0 Å². The lowest BCUT2D eigenvalue weighted by Gasteiger charge is -2.17. The Labute approximate surface area is 141 Å². The van der Waals surface area contributed by atoms with Gasteiger partial charge in [0.25, 0.3) is 11.8 Å². The predicted molar refractivity (Wildman–Crippen MR) is 80.3 cm³/mol. The number of nitrogens with zero attached hydrogens (tertiary/aromatic N) is 2. The number of benzene rings is 1. The van der Waals surface area contributed by atoms with E-state index in [0.29, 0.717) is 4.90 Å². The van der Waals surface area contributed by atoms with E-state index in [1.807, 2.05) is 5.32 Å². The van der Waals surface area contributed by atoms with Crippen LogP contribution in [0.25, 0.3) is 0 Å². The molecule has 8 nitrogen and oxygen atoms in total. The Bertz CT molecular complexity index is 720. The minimum atomic E-state index is -1.39. The van der Waals surface area contributed by atoms with Gasteiger partial charge in [-0.3, -0.25) is 19.3 Å². The molecule has 25 heavy (non-hydrogen) atoms. The molecule has 0 radical (unpaired) electrons. The standard InChI is InChI=1S/C15H15F2N3O5/c1-8(14(23)18-13-9(16)4-3-5-10(13)17)25-12(22)7-20-11(21)6-19(2)15(20)24/h3-5,8H,6-7H2,1-2H3,(H,18,23)/t8-/m0/s1. The third-order valence-electron chi connectivity index (χ3n) is 3.41. The summed E-state index contributed by atoms with van der Waals surface area (Å²) in [6, 6.07) is 2.38. The molecule has 1 aromatic rings. The molecule has 0 aromatic heterocycles. The number of rotatable bonds is 5. The number of urea groups is 1. The first-order chi connectivity index (χ1) is 11.7. The summed E-state index contributed by atoms with van der Waals surface area (Å²) in [4.78, 5) is 48.7. The molecule has 1 aliphatic rings. The van der Waals surface area contributed by atoms with Crippen LogP contribution in [0.5, 0.6) is 0 Å². The van der Waals surface area contributed by atoms with E-state index in [1.165, 1.54) is 14.0 Å². The number of imide groups is 1. The van der Waals surface area contributed by atoms with Crippen molar-refractivity contribution in [2.24, 2.45) is 0 Å². The number of carbonyl (C=O) groups excluding carboxylic acids is 4. The van der Waals surface area contributed by atoms with Crippen LogP contribution in [-0.2, 0) is 19.1 Å². The maximum Gasteiger partial charge on any atom is 0.327 e. The predicted octanol–water partition coefficient (Wildman–Crippen LogP) is 0.729.